The molecular weight excluding hydrogens is 164 g/mol. The summed E-state index contributed by atoms with van der Waals surface area (Å²) in [5, 5.41) is 0. The molecule has 2 rings (SSSR count). The minimum atomic E-state index is 0.169. The Morgan fingerprint density at radius 1 is 1.62 bits per heavy atom. The lowest BCUT2D eigenvalue weighted by atomic mass is 9.95. The van der Waals surface area contributed by atoms with Crippen LogP contribution in [0.2, 0.25) is 0 Å². The van der Waals surface area contributed by atoms with E-state index < -0.39 is 0 Å². The second kappa shape index (κ2) is 3.52. The van der Waals surface area contributed by atoms with E-state index in [4.69, 9.17) is 10.3 Å². The normalized spacial score (nSPS) is 21.4. The van der Waals surface area contributed by atoms with E-state index in [0.29, 0.717) is 5.92 Å². The summed E-state index contributed by atoms with van der Waals surface area (Å²) in [6.07, 6.45) is 4.36. The number of hydrogen-bond donors (Lipinski definition) is 2. The van der Waals surface area contributed by atoms with Gasteiger partial charge in [0, 0.05) is 0 Å². The van der Waals surface area contributed by atoms with Gasteiger partial charge in [0.1, 0.15) is 5.76 Å². The minimum absolute atomic E-state index is 0.169. The predicted octanol–water partition coefficient (Wildman–Crippen LogP) is 1.83. The van der Waals surface area contributed by atoms with Crippen molar-refractivity contribution in [2.45, 2.75) is 25.8 Å². The number of hydrogen-bond acceptors (Lipinski definition) is 3. The van der Waals surface area contributed by atoms with E-state index in [9.17, 15) is 0 Å². The Morgan fingerprint density at radius 2 is 2.38 bits per heavy atom. The molecule has 13 heavy (non-hydrogen) atoms. The predicted molar refractivity (Wildman–Crippen MR) is 50.7 cm³/mol. The molecule has 0 spiro atoms. The molecule has 1 aromatic heterocycles. The van der Waals surface area contributed by atoms with Crippen molar-refractivity contribution in [2.75, 3.05) is 0 Å². The van der Waals surface area contributed by atoms with Crippen LogP contribution in [0.15, 0.2) is 22.8 Å². The monoisotopic (exact) mass is 180 g/mol. The Kier molecular flexibility index (Phi) is 2.38. The average molecular weight is 180 g/mol. The fourth-order valence-corrected chi connectivity index (χ4v) is 1.86. The van der Waals surface area contributed by atoms with Crippen LogP contribution in [0.5, 0.6) is 0 Å². The highest BCUT2D eigenvalue weighted by molar-refractivity contribution is 5.06. The Morgan fingerprint density at radius 3 is 2.85 bits per heavy atom. The lowest BCUT2D eigenvalue weighted by Crippen LogP contribution is -2.33. The first-order chi connectivity index (χ1) is 6.33. The van der Waals surface area contributed by atoms with Crippen molar-refractivity contribution in [2.24, 2.45) is 17.7 Å². The van der Waals surface area contributed by atoms with Gasteiger partial charge in [-0.1, -0.05) is 6.92 Å². The van der Waals surface area contributed by atoms with Crippen molar-refractivity contribution < 1.29 is 4.42 Å². The van der Waals surface area contributed by atoms with Gasteiger partial charge in [-0.3, -0.25) is 5.84 Å². The molecule has 3 N–H and O–H groups in total. The molecule has 2 atom stereocenters. The average Bonchev–Trinajstić information content (AvgIpc) is 2.86. The van der Waals surface area contributed by atoms with Crippen LogP contribution in [-0.4, -0.2) is 0 Å². The molecule has 1 saturated carbocycles. The first-order valence-electron chi connectivity index (χ1n) is 4.82. The number of rotatable bonds is 4. The van der Waals surface area contributed by atoms with E-state index in [-0.39, 0.29) is 6.04 Å². The third-order valence-corrected chi connectivity index (χ3v) is 2.92. The van der Waals surface area contributed by atoms with Crippen LogP contribution in [-0.2, 0) is 0 Å². The summed E-state index contributed by atoms with van der Waals surface area (Å²) in [4.78, 5) is 0. The van der Waals surface area contributed by atoms with Crippen LogP contribution < -0.4 is 11.3 Å². The molecule has 2 unspecified atom stereocenters. The van der Waals surface area contributed by atoms with Gasteiger partial charge in [-0.15, -0.1) is 0 Å². The van der Waals surface area contributed by atoms with Gasteiger partial charge in [-0.25, -0.2) is 5.43 Å². The number of nitrogens with one attached hydrogen (secondary N) is 1. The van der Waals surface area contributed by atoms with Crippen molar-refractivity contribution >= 4 is 0 Å². The summed E-state index contributed by atoms with van der Waals surface area (Å²) >= 11 is 0. The molecule has 1 aliphatic carbocycles. The standard InChI is InChI=1S/C10H16N2O/c1-7(8-4-5-8)10(12-11)9-3-2-6-13-9/h2-3,6-8,10,12H,4-5,11H2,1H3. The zero-order chi connectivity index (χ0) is 9.26. The Hall–Kier alpha value is -0.800. The highest BCUT2D eigenvalue weighted by atomic mass is 16.3. The summed E-state index contributed by atoms with van der Waals surface area (Å²) < 4.78 is 5.34. The van der Waals surface area contributed by atoms with Crippen molar-refractivity contribution in [1.82, 2.24) is 5.43 Å². The molecule has 0 aromatic carbocycles. The molecular formula is C10H16N2O. The first-order valence-corrected chi connectivity index (χ1v) is 4.82. The molecule has 0 saturated heterocycles. The molecule has 0 radical (unpaired) electrons. The maximum atomic E-state index is 5.52. The molecule has 0 bridgehead atoms. The summed E-state index contributed by atoms with van der Waals surface area (Å²) in [6.45, 7) is 2.23. The zero-order valence-electron chi connectivity index (χ0n) is 7.86. The van der Waals surface area contributed by atoms with E-state index in [2.05, 4.69) is 12.3 Å². The number of nitrogens with two attached hydrogens (primary N) is 1. The summed E-state index contributed by atoms with van der Waals surface area (Å²) in [5.41, 5.74) is 2.83. The molecule has 3 heteroatoms. The molecule has 72 valence electrons. The van der Waals surface area contributed by atoms with E-state index in [1.165, 1.54) is 12.8 Å². The largest absolute Gasteiger partial charge is 0.468 e. The molecule has 1 aliphatic rings. The third kappa shape index (κ3) is 1.76. The van der Waals surface area contributed by atoms with Crippen molar-refractivity contribution in [3.63, 3.8) is 0 Å². The van der Waals surface area contributed by atoms with Gasteiger partial charge in [0.25, 0.3) is 0 Å². The fourth-order valence-electron chi connectivity index (χ4n) is 1.86. The first kappa shape index (κ1) is 8.78. The summed E-state index contributed by atoms with van der Waals surface area (Å²) in [7, 11) is 0. The molecule has 1 aromatic rings. The molecule has 0 aliphatic heterocycles. The molecule has 0 amide bonds. The third-order valence-electron chi connectivity index (χ3n) is 2.92. The Labute approximate surface area is 78.3 Å². The minimum Gasteiger partial charge on any atom is -0.468 e. The zero-order valence-corrected chi connectivity index (χ0v) is 7.86. The van der Waals surface area contributed by atoms with Crippen molar-refractivity contribution in [3.8, 4) is 0 Å². The highest BCUT2D eigenvalue weighted by Crippen LogP contribution is 2.42. The van der Waals surface area contributed by atoms with Crippen LogP contribution in [0.4, 0.5) is 0 Å². The van der Waals surface area contributed by atoms with Gasteiger partial charge >= 0.3 is 0 Å². The molecule has 3 nitrogen and oxygen atoms in total. The summed E-state index contributed by atoms with van der Waals surface area (Å²) in [5.74, 6) is 7.86. The second-order valence-corrected chi connectivity index (χ2v) is 3.86. The van der Waals surface area contributed by atoms with Gasteiger partial charge < -0.3 is 4.42 Å². The van der Waals surface area contributed by atoms with Crippen LogP contribution >= 0.6 is 0 Å². The maximum Gasteiger partial charge on any atom is 0.122 e. The van der Waals surface area contributed by atoms with Gasteiger partial charge in [-0.05, 0) is 36.8 Å². The topological polar surface area (TPSA) is 51.2 Å². The molecule has 1 heterocycles. The number of furan rings is 1. The lowest BCUT2D eigenvalue weighted by Gasteiger charge is -2.20. The fraction of sp³-hybridized carbons (Fsp3) is 0.600. The van der Waals surface area contributed by atoms with Gasteiger partial charge in [0.2, 0.25) is 0 Å². The second-order valence-electron chi connectivity index (χ2n) is 3.86. The quantitative estimate of drug-likeness (QED) is 0.549. The van der Waals surface area contributed by atoms with Crippen LogP contribution in [0, 0.1) is 11.8 Å². The van der Waals surface area contributed by atoms with Crippen molar-refractivity contribution in [1.29, 1.82) is 0 Å². The van der Waals surface area contributed by atoms with E-state index in [1.54, 1.807) is 6.26 Å². The lowest BCUT2D eigenvalue weighted by molar-refractivity contribution is 0.303. The van der Waals surface area contributed by atoms with Gasteiger partial charge in [0.05, 0.1) is 12.3 Å². The highest BCUT2D eigenvalue weighted by Gasteiger charge is 2.34. The van der Waals surface area contributed by atoms with Crippen LogP contribution in [0.25, 0.3) is 0 Å². The maximum absolute atomic E-state index is 5.52. The molecule has 1 fully saturated rings. The Balaban J connectivity index is 2.08. The van der Waals surface area contributed by atoms with Crippen LogP contribution in [0.1, 0.15) is 31.6 Å². The van der Waals surface area contributed by atoms with E-state index in [1.807, 2.05) is 12.1 Å². The van der Waals surface area contributed by atoms with Crippen LogP contribution in [0.3, 0.4) is 0 Å². The smallest absolute Gasteiger partial charge is 0.122 e. The SMILES string of the molecule is CC(C1CC1)C(NN)c1ccco1. The van der Waals surface area contributed by atoms with E-state index in [0.717, 1.165) is 11.7 Å². The van der Waals surface area contributed by atoms with Gasteiger partial charge in [0.15, 0.2) is 0 Å². The van der Waals surface area contributed by atoms with Gasteiger partial charge in [-0.2, -0.15) is 0 Å². The van der Waals surface area contributed by atoms with E-state index >= 15 is 0 Å². The Bertz CT molecular complexity index is 254. The number of hydrazine groups is 1. The van der Waals surface area contributed by atoms with Crippen molar-refractivity contribution in [3.05, 3.63) is 24.2 Å². The summed E-state index contributed by atoms with van der Waals surface area (Å²) in [6, 6.07) is 4.05.